The Hall–Kier alpha value is -3.22. The molecule has 21 heavy (non-hydrogen) atoms. The van der Waals surface area contributed by atoms with E-state index in [9.17, 15) is 9.59 Å². The third-order valence-electron chi connectivity index (χ3n) is 3.02. The quantitative estimate of drug-likeness (QED) is 0.750. The molecule has 0 aliphatic rings. The highest BCUT2D eigenvalue weighted by Gasteiger charge is 2.11. The molecule has 7 nitrogen and oxygen atoms in total. The number of nitrogens with zero attached hydrogens (tertiary/aromatic N) is 3. The van der Waals surface area contributed by atoms with E-state index in [1.54, 1.807) is 30.5 Å². The second-order valence-electron chi connectivity index (χ2n) is 4.36. The van der Waals surface area contributed by atoms with E-state index in [1.807, 2.05) is 0 Å². The smallest absolute Gasteiger partial charge is 0.336 e. The highest BCUT2D eigenvalue weighted by atomic mass is 16.4. The summed E-state index contributed by atoms with van der Waals surface area (Å²) in [5.74, 6) is -1.16. The minimum Gasteiger partial charge on any atom is -0.478 e. The lowest BCUT2D eigenvalue weighted by molar-refractivity contribution is 0.0698. The first-order valence-corrected chi connectivity index (χ1v) is 6.05. The number of aromatic carboxylic acids is 1. The molecule has 0 bridgehead atoms. The van der Waals surface area contributed by atoms with E-state index in [0.29, 0.717) is 16.7 Å². The molecule has 0 fully saturated rings. The highest BCUT2D eigenvalue weighted by Crippen LogP contribution is 2.19. The maximum Gasteiger partial charge on any atom is 0.336 e. The molecule has 3 aromatic rings. The van der Waals surface area contributed by atoms with Gasteiger partial charge in [-0.25, -0.2) is 14.5 Å². The summed E-state index contributed by atoms with van der Waals surface area (Å²) in [4.78, 5) is 26.5. The monoisotopic (exact) mass is 282 g/mol. The molecule has 2 heterocycles. The predicted octanol–water partition coefficient (Wildman–Crippen LogP) is 1.22. The maximum atomic E-state index is 11.2. The van der Waals surface area contributed by atoms with Crippen LogP contribution in [-0.2, 0) is 0 Å². The fourth-order valence-electron chi connectivity index (χ4n) is 2.04. The number of primary amides is 1. The van der Waals surface area contributed by atoms with Crippen molar-refractivity contribution in [2.75, 3.05) is 0 Å². The summed E-state index contributed by atoms with van der Waals surface area (Å²) < 4.78 is 1.41. The Bertz CT molecular complexity index is 870. The van der Waals surface area contributed by atoms with Gasteiger partial charge in [0.15, 0.2) is 5.82 Å². The van der Waals surface area contributed by atoms with E-state index < -0.39 is 11.9 Å². The first-order valence-electron chi connectivity index (χ1n) is 6.05. The Balaban J connectivity index is 2.13. The molecule has 0 spiro atoms. The lowest BCUT2D eigenvalue weighted by Gasteiger charge is -2.05. The first-order chi connectivity index (χ1) is 10.1. The summed E-state index contributed by atoms with van der Waals surface area (Å²) in [6.07, 6.45) is 1.56. The minimum atomic E-state index is -1.01. The van der Waals surface area contributed by atoms with Gasteiger partial charge >= 0.3 is 5.97 Å². The van der Waals surface area contributed by atoms with E-state index in [2.05, 4.69) is 10.1 Å². The largest absolute Gasteiger partial charge is 0.478 e. The van der Waals surface area contributed by atoms with Gasteiger partial charge in [0, 0.05) is 11.6 Å². The molecule has 0 saturated heterocycles. The molecule has 0 aliphatic heterocycles. The SMILES string of the molecule is NC(=O)c1ccn(-c2ccc3c(C(=O)O)cccc3n2)n1. The Morgan fingerprint density at radius 3 is 2.62 bits per heavy atom. The number of carboxylic acids is 1. The van der Waals surface area contributed by atoms with Crippen LogP contribution in [0.25, 0.3) is 16.7 Å². The number of fused-ring (bicyclic) bond motifs is 1. The lowest BCUT2D eigenvalue weighted by atomic mass is 10.1. The van der Waals surface area contributed by atoms with Gasteiger partial charge in [0.25, 0.3) is 5.91 Å². The molecule has 0 atom stereocenters. The van der Waals surface area contributed by atoms with Crippen LogP contribution in [0.1, 0.15) is 20.8 Å². The summed E-state index contributed by atoms with van der Waals surface area (Å²) in [6.45, 7) is 0. The maximum absolute atomic E-state index is 11.2. The molecule has 1 amide bonds. The van der Waals surface area contributed by atoms with Crippen molar-refractivity contribution < 1.29 is 14.7 Å². The minimum absolute atomic E-state index is 0.135. The van der Waals surface area contributed by atoms with Crippen molar-refractivity contribution in [3.05, 3.63) is 53.9 Å². The van der Waals surface area contributed by atoms with Crippen molar-refractivity contribution in [2.24, 2.45) is 5.73 Å². The molecule has 7 heteroatoms. The van der Waals surface area contributed by atoms with Crippen LogP contribution in [0.5, 0.6) is 0 Å². The summed E-state index contributed by atoms with van der Waals surface area (Å²) >= 11 is 0. The number of amides is 1. The van der Waals surface area contributed by atoms with Gasteiger partial charge < -0.3 is 10.8 Å². The number of rotatable bonds is 3. The Labute approximate surface area is 118 Å². The molecule has 0 radical (unpaired) electrons. The Kier molecular flexibility index (Phi) is 2.87. The molecule has 104 valence electrons. The second-order valence-corrected chi connectivity index (χ2v) is 4.36. The number of aromatic nitrogens is 3. The Morgan fingerprint density at radius 2 is 1.95 bits per heavy atom. The van der Waals surface area contributed by atoms with Gasteiger partial charge in [-0.1, -0.05) is 6.07 Å². The van der Waals surface area contributed by atoms with Gasteiger partial charge in [0.05, 0.1) is 11.1 Å². The number of carbonyl (C=O) groups is 2. The fourth-order valence-corrected chi connectivity index (χ4v) is 2.04. The van der Waals surface area contributed by atoms with E-state index in [-0.39, 0.29) is 11.3 Å². The summed E-state index contributed by atoms with van der Waals surface area (Å²) in [7, 11) is 0. The van der Waals surface area contributed by atoms with Crippen LogP contribution >= 0.6 is 0 Å². The van der Waals surface area contributed by atoms with Crippen molar-refractivity contribution in [2.45, 2.75) is 0 Å². The average molecular weight is 282 g/mol. The fraction of sp³-hybridized carbons (Fsp3) is 0. The second kappa shape index (κ2) is 4.71. The number of hydrogen-bond donors (Lipinski definition) is 2. The van der Waals surface area contributed by atoms with Crippen LogP contribution in [0, 0.1) is 0 Å². The Morgan fingerprint density at radius 1 is 1.14 bits per heavy atom. The van der Waals surface area contributed by atoms with Crippen molar-refractivity contribution >= 4 is 22.8 Å². The van der Waals surface area contributed by atoms with Gasteiger partial charge in [-0.05, 0) is 30.3 Å². The van der Waals surface area contributed by atoms with Crippen molar-refractivity contribution in [1.29, 1.82) is 0 Å². The number of carbonyl (C=O) groups excluding carboxylic acids is 1. The number of hydrogen-bond acceptors (Lipinski definition) is 4. The van der Waals surface area contributed by atoms with Crippen LogP contribution in [0.15, 0.2) is 42.6 Å². The van der Waals surface area contributed by atoms with Crippen molar-refractivity contribution in [3.8, 4) is 5.82 Å². The van der Waals surface area contributed by atoms with Crippen molar-refractivity contribution in [1.82, 2.24) is 14.8 Å². The zero-order chi connectivity index (χ0) is 15.0. The van der Waals surface area contributed by atoms with Gasteiger partial charge in [0.1, 0.15) is 5.69 Å². The number of nitrogens with two attached hydrogens (primary N) is 1. The van der Waals surface area contributed by atoms with Gasteiger partial charge in [0.2, 0.25) is 0 Å². The van der Waals surface area contributed by atoms with Gasteiger partial charge in [-0.2, -0.15) is 5.10 Å². The van der Waals surface area contributed by atoms with Crippen molar-refractivity contribution in [3.63, 3.8) is 0 Å². The van der Waals surface area contributed by atoms with Crippen LogP contribution in [0.4, 0.5) is 0 Å². The molecule has 0 saturated carbocycles. The molecular formula is C14H10N4O3. The first kappa shape index (κ1) is 12.8. The lowest BCUT2D eigenvalue weighted by Crippen LogP contribution is -2.12. The molecule has 3 rings (SSSR count). The molecule has 3 N–H and O–H groups in total. The van der Waals surface area contributed by atoms with E-state index in [4.69, 9.17) is 10.8 Å². The number of benzene rings is 1. The van der Waals surface area contributed by atoms with E-state index in [1.165, 1.54) is 16.8 Å². The van der Waals surface area contributed by atoms with Gasteiger partial charge in [-0.15, -0.1) is 0 Å². The van der Waals surface area contributed by atoms with Gasteiger partial charge in [-0.3, -0.25) is 4.79 Å². The van der Waals surface area contributed by atoms with E-state index >= 15 is 0 Å². The average Bonchev–Trinajstić information content (AvgIpc) is 2.96. The standard InChI is InChI=1S/C14H10N4O3/c15-13(19)11-6-7-18(17-11)12-5-4-8-9(14(20)21)2-1-3-10(8)16-12/h1-7H,(H2,15,19)(H,20,21). The van der Waals surface area contributed by atoms with Crippen LogP contribution in [-0.4, -0.2) is 31.7 Å². The zero-order valence-electron chi connectivity index (χ0n) is 10.7. The summed E-state index contributed by atoms with van der Waals surface area (Å²) in [5, 5.41) is 13.7. The normalized spacial score (nSPS) is 10.7. The van der Waals surface area contributed by atoms with E-state index in [0.717, 1.165) is 0 Å². The summed E-state index contributed by atoms with van der Waals surface area (Å²) in [6, 6.07) is 9.64. The zero-order valence-corrected chi connectivity index (χ0v) is 10.7. The third-order valence-corrected chi connectivity index (χ3v) is 3.02. The molecular weight excluding hydrogens is 272 g/mol. The van der Waals surface area contributed by atoms with Crippen LogP contribution in [0.2, 0.25) is 0 Å². The predicted molar refractivity (Wildman–Crippen MR) is 74.3 cm³/mol. The molecule has 2 aromatic heterocycles. The van der Waals surface area contributed by atoms with Crippen LogP contribution < -0.4 is 5.73 Å². The molecule has 1 aromatic carbocycles. The molecule has 0 unspecified atom stereocenters. The number of pyridine rings is 1. The molecule has 0 aliphatic carbocycles. The highest BCUT2D eigenvalue weighted by molar-refractivity contribution is 6.02. The summed E-state index contributed by atoms with van der Waals surface area (Å²) in [5.41, 5.74) is 6.00. The topological polar surface area (TPSA) is 111 Å². The van der Waals surface area contributed by atoms with Crippen LogP contribution in [0.3, 0.4) is 0 Å². The third kappa shape index (κ3) is 2.20. The number of carboxylic acid groups (broad SMARTS) is 1.